The van der Waals surface area contributed by atoms with Crippen LogP contribution in [0.2, 0.25) is 0 Å². The van der Waals surface area contributed by atoms with Crippen LogP contribution in [0.25, 0.3) is 0 Å². The van der Waals surface area contributed by atoms with Gasteiger partial charge in [-0.2, -0.15) is 0 Å². The minimum atomic E-state index is -1.14. The number of aliphatic carboxylic acids is 1. The zero-order valence-electron chi connectivity index (χ0n) is 23.7. The second-order valence-corrected chi connectivity index (χ2v) is 10.8. The van der Waals surface area contributed by atoms with E-state index >= 15 is 0 Å². The van der Waals surface area contributed by atoms with Gasteiger partial charge in [-0.3, -0.25) is 19.2 Å². The predicted molar refractivity (Wildman–Crippen MR) is 145 cm³/mol. The van der Waals surface area contributed by atoms with Gasteiger partial charge in [0.2, 0.25) is 11.8 Å². The lowest BCUT2D eigenvalue weighted by atomic mass is 9.92. The number of nitrogens with zero attached hydrogens (tertiary/aromatic N) is 2. The first-order valence-corrected chi connectivity index (χ1v) is 13.8. The van der Waals surface area contributed by atoms with E-state index in [-0.39, 0.29) is 43.6 Å². The second-order valence-electron chi connectivity index (χ2n) is 10.8. The van der Waals surface area contributed by atoms with Crippen molar-refractivity contribution in [2.24, 2.45) is 17.8 Å². The third-order valence-corrected chi connectivity index (χ3v) is 6.87. The van der Waals surface area contributed by atoms with Crippen LogP contribution >= 0.6 is 0 Å². The van der Waals surface area contributed by atoms with Gasteiger partial charge in [-0.05, 0) is 36.7 Å². The Hall–Kier alpha value is -3.43. The minimum Gasteiger partial charge on any atom is -0.481 e. The van der Waals surface area contributed by atoms with E-state index in [1.165, 1.54) is 0 Å². The summed E-state index contributed by atoms with van der Waals surface area (Å²) in [5.74, 6) is -3.31. The minimum absolute atomic E-state index is 0.0264. The van der Waals surface area contributed by atoms with E-state index in [2.05, 4.69) is 5.32 Å². The van der Waals surface area contributed by atoms with Crippen molar-refractivity contribution in [2.75, 3.05) is 6.54 Å². The third kappa shape index (κ3) is 9.37. The number of ketones is 1. The zero-order chi connectivity index (χ0) is 29.1. The van der Waals surface area contributed by atoms with Crippen molar-refractivity contribution in [3.63, 3.8) is 0 Å². The number of hydrogen-bond acceptors (Lipinski definition) is 6. The Balaban J connectivity index is 2.39. The third-order valence-electron chi connectivity index (χ3n) is 6.87. The summed E-state index contributed by atoms with van der Waals surface area (Å²) in [5, 5.41) is 14.5. The Kier molecular flexibility index (Phi) is 12.4. The van der Waals surface area contributed by atoms with Gasteiger partial charge in [0.25, 0.3) is 0 Å². The molecule has 1 aromatic rings. The monoisotopic (exact) mass is 545 g/mol. The highest BCUT2D eigenvalue weighted by Crippen LogP contribution is 2.27. The number of amides is 3. The Morgan fingerprint density at radius 1 is 1.05 bits per heavy atom. The lowest BCUT2D eigenvalue weighted by Gasteiger charge is -2.44. The predicted octanol–water partition coefficient (Wildman–Crippen LogP) is 4.18. The maximum atomic E-state index is 13.9. The molecular formula is C29H43N3O7. The normalized spacial score (nSPS) is 17.1. The number of rotatable bonds is 13. The molecule has 2 N–H and O–H groups in total. The number of nitrogens with one attached hydrogen (secondary N) is 1. The van der Waals surface area contributed by atoms with Crippen LogP contribution in [0.4, 0.5) is 4.79 Å². The molecule has 1 fully saturated rings. The summed E-state index contributed by atoms with van der Waals surface area (Å²) in [6, 6.07) is 7.24. The molecule has 1 heterocycles. The number of carbonyl (C=O) groups is 5. The van der Waals surface area contributed by atoms with Crippen molar-refractivity contribution < 1.29 is 33.8 Å². The smallest absolute Gasteiger partial charge is 0.429 e. The van der Waals surface area contributed by atoms with Crippen molar-refractivity contribution in [1.29, 1.82) is 0 Å². The van der Waals surface area contributed by atoms with Crippen LogP contribution in [0.15, 0.2) is 30.3 Å². The van der Waals surface area contributed by atoms with Gasteiger partial charge >= 0.3 is 12.1 Å². The molecule has 0 spiro atoms. The number of hydrogen-bond donors (Lipinski definition) is 2. The standard InChI is InChI=1S/C29H43N3O7/c1-6-24(33)26(20(4)5)30-27(36)23-13-10-16-31(29(38)39-18-21-11-8-7-9-12-21)32(23)28(37)22(17-25(34)35)15-14-19(2)3/h7-9,11-12,19-20,22-23,26H,6,10,13-18H2,1-5H3,(H,30,36)(H,34,35)/t22-,23+,26+/m1/s1. The molecule has 0 aliphatic carbocycles. The molecule has 0 saturated carbocycles. The highest BCUT2D eigenvalue weighted by atomic mass is 16.6. The number of carboxylic acids is 1. The molecule has 216 valence electrons. The molecule has 3 atom stereocenters. The summed E-state index contributed by atoms with van der Waals surface area (Å²) in [6.45, 7) is 9.42. The fourth-order valence-corrected chi connectivity index (χ4v) is 4.65. The van der Waals surface area contributed by atoms with Crippen molar-refractivity contribution in [3.8, 4) is 0 Å². The van der Waals surface area contributed by atoms with Crippen molar-refractivity contribution >= 4 is 29.7 Å². The van der Waals surface area contributed by atoms with E-state index in [1.54, 1.807) is 19.1 Å². The molecule has 39 heavy (non-hydrogen) atoms. The van der Waals surface area contributed by atoms with E-state index in [1.807, 2.05) is 45.9 Å². The summed E-state index contributed by atoms with van der Waals surface area (Å²) in [5.41, 5.74) is 0.758. The molecule has 2 rings (SSSR count). The van der Waals surface area contributed by atoms with E-state index in [4.69, 9.17) is 4.74 Å². The quantitative estimate of drug-likeness (QED) is 0.380. The molecular weight excluding hydrogens is 502 g/mol. The summed E-state index contributed by atoms with van der Waals surface area (Å²) < 4.78 is 5.50. The van der Waals surface area contributed by atoms with Crippen LogP contribution in [-0.4, -0.2) is 63.4 Å². The number of hydrazine groups is 1. The Bertz CT molecular complexity index is 996. The Morgan fingerprint density at radius 2 is 1.72 bits per heavy atom. The average Bonchev–Trinajstić information content (AvgIpc) is 2.91. The van der Waals surface area contributed by atoms with Gasteiger partial charge in [0, 0.05) is 13.0 Å². The van der Waals surface area contributed by atoms with Crippen LogP contribution in [-0.2, 0) is 30.5 Å². The fourth-order valence-electron chi connectivity index (χ4n) is 4.65. The summed E-state index contributed by atoms with van der Waals surface area (Å²) >= 11 is 0. The summed E-state index contributed by atoms with van der Waals surface area (Å²) in [7, 11) is 0. The second kappa shape index (κ2) is 15.2. The highest BCUT2D eigenvalue weighted by Gasteiger charge is 2.43. The maximum absolute atomic E-state index is 13.9. The fraction of sp³-hybridized carbons (Fsp3) is 0.621. The molecule has 0 unspecified atom stereocenters. The van der Waals surface area contributed by atoms with Crippen LogP contribution in [0.5, 0.6) is 0 Å². The molecule has 10 heteroatoms. The molecule has 0 radical (unpaired) electrons. The molecule has 1 saturated heterocycles. The molecule has 0 aromatic heterocycles. The largest absolute Gasteiger partial charge is 0.481 e. The highest BCUT2D eigenvalue weighted by molar-refractivity contribution is 5.94. The first-order chi connectivity index (χ1) is 18.5. The SMILES string of the molecule is CCC(=O)[C@@H](NC(=O)[C@@H]1CCCN(C(=O)OCc2ccccc2)N1C(=O)[C@H](CCC(C)C)CC(=O)O)C(C)C. The van der Waals surface area contributed by atoms with Gasteiger partial charge in [0.15, 0.2) is 5.78 Å². The number of Topliss-reactive ketones (excluding diaryl/α,β-unsaturated/α-hetero) is 1. The van der Waals surface area contributed by atoms with Gasteiger partial charge < -0.3 is 15.2 Å². The van der Waals surface area contributed by atoms with Gasteiger partial charge in [-0.25, -0.2) is 14.8 Å². The van der Waals surface area contributed by atoms with E-state index < -0.39 is 48.3 Å². The maximum Gasteiger partial charge on any atom is 0.429 e. The van der Waals surface area contributed by atoms with E-state index in [9.17, 15) is 29.1 Å². The van der Waals surface area contributed by atoms with Crippen LogP contribution < -0.4 is 5.32 Å². The topological polar surface area (TPSA) is 133 Å². The average molecular weight is 546 g/mol. The molecule has 10 nitrogen and oxygen atoms in total. The van der Waals surface area contributed by atoms with Gasteiger partial charge in [-0.1, -0.05) is 71.4 Å². The molecule has 3 amide bonds. The Morgan fingerprint density at radius 3 is 2.28 bits per heavy atom. The first kappa shape index (κ1) is 31.8. The van der Waals surface area contributed by atoms with E-state index in [0.717, 1.165) is 15.6 Å². The van der Waals surface area contributed by atoms with Crippen molar-refractivity contribution in [2.45, 2.75) is 91.8 Å². The van der Waals surface area contributed by atoms with Gasteiger partial charge in [0.05, 0.1) is 18.4 Å². The number of benzene rings is 1. The Labute approximate surface area is 231 Å². The van der Waals surface area contributed by atoms with Crippen LogP contribution in [0, 0.1) is 17.8 Å². The summed E-state index contributed by atoms with van der Waals surface area (Å²) in [6.07, 6.45) is 0.599. The number of ether oxygens (including phenoxy) is 1. The lowest BCUT2D eigenvalue weighted by molar-refractivity contribution is -0.169. The number of carboxylic acid groups (broad SMARTS) is 1. The van der Waals surface area contributed by atoms with Crippen molar-refractivity contribution in [1.82, 2.24) is 15.3 Å². The van der Waals surface area contributed by atoms with Crippen molar-refractivity contribution in [3.05, 3.63) is 35.9 Å². The molecule has 1 aliphatic rings. The lowest BCUT2D eigenvalue weighted by Crippen LogP contribution is -2.64. The zero-order valence-corrected chi connectivity index (χ0v) is 23.7. The first-order valence-electron chi connectivity index (χ1n) is 13.8. The van der Waals surface area contributed by atoms with Crippen LogP contribution in [0.3, 0.4) is 0 Å². The van der Waals surface area contributed by atoms with E-state index in [0.29, 0.717) is 19.3 Å². The molecule has 1 aromatic carbocycles. The molecule has 0 bridgehead atoms. The summed E-state index contributed by atoms with van der Waals surface area (Å²) in [4.78, 5) is 64.9. The van der Waals surface area contributed by atoms with Crippen LogP contribution in [0.1, 0.15) is 78.7 Å². The van der Waals surface area contributed by atoms with Gasteiger partial charge in [0.1, 0.15) is 12.6 Å². The molecule has 1 aliphatic heterocycles. The van der Waals surface area contributed by atoms with Gasteiger partial charge in [-0.15, -0.1) is 0 Å². The number of carbonyl (C=O) groups excluding carboxylic acids is 4.